The Morgan fingerprint density at radius 2 is 1.63 bits per heavy atom. The Bertz CT molecular complexity index is 1330. The van der Waals surface area contributed by atoms with E-state index in [2.05, 4.69) is 10.2 Å². The van der Waals surface area contributed by atoms with Gasteiger partial charge in [-0.2, -0.15) is 5.10 Å². The third-order valence-electron chi connectivity index (χ3n) is 6.26. The lowest BCUT2D eigenvalue weighted by atomic mass is 10.1. The predicted molar refractivity (Wildman–Crippen MR) is 134 cm³/mol. The van der Waals surface area contributed by atoms with Crippen LogP contribution in [0.2, 0.25) is 0 Å². The number of nitrogens with zero attached hydrogens (tertiary/aromatic N) is 5. The van der Waals surface area contributed by atoms with Gasteiger partial charge in [-0.05, 0) is 45.9 Å². The Hall–Kier alpha value is -3.82. The number of amides is 1. The minimum atomic E-state index is -0.309. The Morgan fingerprint density at radius 1 is 0.971 bits per heavy atom. The van der Waals surface area contributed by atoms with E-state index >= 15 is 0 Å². The normalized spacial score (nSPS) is 14.1. The largest absolute Gasteiger partial charge is 0.496 e. The molecule has 3 heterocycles. The van der Waals surface area contributed by atoms with Crippen LogP contribution in [0.15, 0.2) is 46.0 Å². The molecule has 1 aliphatic heterocycles. The summed E-state index contributed by atoms with van der Waals surface area (Å²) < 4.78 is 8.34. The maximum absolute atomic E-state index is 13.1. The molecule has 0 atom stereocenters. The molecule has 1 N–H and O–H groups in total. The summed E-state index contributed by atoms with van der Waals surface area (Å²) >= 11 is 0. The summed E-state index contributed by atoms with van der Waals surface area (Å²) in [5, 5.41) is 7.16. The first kappa shape index (κ1) is 24.3. The molecule has 1 saturated heterocycles. The molecule has 1 amide bonds. The van der Waals surface area contributed by atoms with Gasteiger partial charge in [-0.25, -0.2) is 4.79 Å². The minimum Gasteiger partial charge on any atom is -0.496 e. The topological polar surface area (TPSA) is 105 Å². The molecule has 1 aliphatic rings. The third kappa shape index (κ3) is 4.60. The summed E-state index contributed by atoms with van der Waals surface area (Å²) in [6.45, 7) is 9.45. The number of benzene rings is 1. The van der Waals surface area contributed by atoms with Crippen molar-refractivity contribution >= 4 is 11.7 Å². The maximum Gasteiger partial charge on any atom is 0.333 e. The number of piperazine rings is 1. The average molecular weight is 481 g/mol. The Morgan fingerprint density at radius 3 is 2.26 bits per heavy atom. The highest BCUT2D eigenvalue weighted by Gasteiger charge is 2.27. The molecular weight excluding hydrogens is 448 g/mol. The van der Waals surface area contributed by atoms with Crippen LogP contribution in [0.3, 0.4) is 0 Å². The second kappa shape index (κ2) is 9.81. The quantitative estimate of drug-likeness (QED) is 0.581. The lowest BCUT2D eigenvalue weighted by Crippen LogP contribution is -2.51. The van der Waals surface area contributed by atoms with Gasteiger partial charge in [-0.3, -0.25) is 23.8 Å². The zero-order valence-corrected chi connectivity index (χ0v) is 20.8. The summed E-state index contributed by atoms with van der Waals surface area (Å²) in [4.78, 5) is 42.7. The lowest BCUT2D eigenvalue weighted by molar-refractivity contribution is 0.0740. The molecule has 0 unspecified atom stereocenters. The molecular formula is C25H32N6O4. The van der Waals surface area contributed by atoms with Crippen molar-refractivity contribution in [2.75, 3.05) is 38.2 Å². The fourth-order valence-corrected chi connectivity index (χ4v) is 4.50. The number of rotatable bonds is 6. The van der Waals surface area contributed by atoms with Crippen molar-refractivity contribution in [3.63, 3.8) is 0 Å². The number of hydrogen-bond donors (Lipinski definition) is 1. The summed E-state index contributed by atoms with van der Waals surface area (Å²) in [5.41, 5.74) is 1.22. The van der Waals surface area contributed by atoms with Crippen molar-refractivity contribution in [3.05, 3.63) is 62.9 Å². The summed E-state index contributed by atoms with van der Waals surface area (Å²) in [6.07, 6.45) is 0. The molecule has 3 aromatic rings. The van der Waals surface area contributed by atoms with Crippen LogP contribution in [0, 0.1) is 0 Å². The van der Waals surface area contributed by atoms with Crippen molar-refractivity contribution < 1.29 is 9.53 Å². The van der Waals surface area contributed by atoms with Crippen molar-refractivity contribution in [1.82, 2.24) is 24.2 Å². The van der Waals surface area contributed by atoms with Crippen molar-refractivity contribution in [3.8, 4) is 17.0 Å². The number of hydrogen-bond acceptors (Lipinski definition) is 6. The lowest BCUT2D eigenvalue weighted by Gasteiger charge is -2.37. The number of aromatic nitrogens is 4. The van der Waals surface area contributed by atoms with Crippen LogP contribution in [-0.2, 0) is 0 Å². The number of methoxy groups -OCH3 is 1. The second-order valence-electron chi connectivity index (χ2n) is 9.20. The van der Waals surface area contributed by atoms with Gasteiger partial charge in [0.15, 0.2) is 0 Å². The molecule has 10 heteroatoms. The van der Waals surface area contributed by atoms with Gasteiger partial charge >= 0.3 is 5.69 Å². The molecule has 0 radical (unpaired) electrons. The zero-order valence-electron chi connectivity index (χ0n) is 20.8. The number of H-pyrrole nitrogens is 1. The van der Waals surface area contributed by atoms with Crippen LogP contribution in [0.4, 0.5) is 5.82 Å². The van der Waals surface area contributed by atoms with Gasteiger partial charge in [0.1, 0.15) is 17.3 Å². The average Bonchev–Trinajstić information content (AvgIpc) is 3.33. The molecule has 1 aromatic carbocycles. The number of anilines is 1. The molecule has 4 rings (SSSR count). The van der Waals surface area contributed by atoms with Gasteiger partial charge in [-0.1, -0.05) is 12.1 Å². The van der Waals surface area contributed by atoms with E-state index in [1.54, 1.807) is 22.6 Å². The molecule has 2 aromatic heterocycles. The highest BCUT2D eigenvalue weighted by molar-refractivity contribution is 5.93. The zero-order chi connectivity index (χ0) is 25.3. The number of nitrogens with one attached hydrogen (secondary N) is 1. The van der Waals surface area contributed by atoms with Crippen LogP contribution in [0.1, 0.15) is 50.3 Å². The van der Waals surface area contributed by atoms with E-state index in [-0.39, 0.29) is 29.2 Å². The van der Waals surface area contributed by atoms with E-state index in [0.29, 0.717) is 49.1 Å². The van der Waals surface area contributed by atoms with Crippen LogP contribution < -0.4 is 20.9 Å². The van der Waals surface area contributed by atoms with Gasteiger partial charge in [0.2, 0.25) is 0 Å². The molecule has 186 valence electrons. The summed E-state index contributed by atoms with van der Waals surface area (Å²) in [6, 6.07) is 10.4. The minimum absolute atomic E-state index is 0.110. The first-order valence-corrected chi connectivity index (χ1v) is 11.8. The Labute approximate surface area is 203 Å². The monoisotopic (exact) mass is 480 g/mol. The van der Waals surface area contributed by atoms with E-state index in [4.69, 9.17) is 4.74 Å². The number of para-hydroxylation sites is 1. The van der Waals surface area contributed by atoms with Gasteiger partial charge in [0.05, 0.1) is 12.8 Å². The van der Waals surface area contributed by atoms with Gasteiger partial charge in [-0.15, -0.1) is 0 Å². The third-order valence-corrected chi connectivity index (χ3v) is 6.26. The highest BCUT2D eigenvalue weighted by atomic mass is 16.5. The molecule has 1 fully saturated rings. The van der Waals surface area contributed by atoms with Gasteiger partial charge in [0.25, 0.3) is 11.5 Å². The molecule has 0 saturated carbocycles. The van der Waals surface area contributed by atoms with Crippen molar-refractivity contribution in [1.29, 1.82) is 0 Å². The van der Waals surface area contributed by atoms with E-state index in [1.807, 2.05) is 56.9 Å². The first-order valence-electron chi connectivity index (χ1n) is 11.8. The first-order chi connectivity index (χ1) is 16.7. The summed E-state index contributed by atoms with van der Waals surface area (Å²) in [5.74, 6) is 1.14. The summed E-state index contributed by atoms with van der Waals surface area (Å²) in [7, 11) is 1.60. The molecule has 35 heavy (non-hydrogen) atoms. The predicted octanol–water partition coefficient (Wildman–Crippen LogP) is 2.53. The Kier molecular flexibility index (Phi) is 6.81. The second-order valence-corrected chi connectivity index (χ2v) is 9.20. The van der Waals surface area contributed by atoms with Crippen LogP contribution in [-0.4, -0.2) is 63.4 Å². The van der Waals surface area contributed by atoms with E-state index in [0.717, 1.165) is 5.56 Å². The molecule has 0 spiro atoms. The highest BCUT2D eigenvalue weighted by Crippen LogP contribution is 2.28. The number of carbonyl (C=O) groups excluding carboxylic acids is 1. The number of carbonyl (C=O) groups is 1. The van der Waals surface area contributed by atoms with Crippen LogP contribution in [0.5, 0.6) is 5.75 Å². The molecule has 10 nitrogen and oxygen atoms in total. The van der Waals surface area contributed by atoms with Crippen molar-refractivity contribution in [2.24, 2.45) is 0 Å². The van der Waals surface area contributed by atoms with Gasteiger partial charge < -0.3 is 14.5 Å². The molecule has 0 aliphatic carbocycles. The van der Waals surface area contributed by atoms with Gasteiger partial charge in [0, 0.05) is 49.9 Å². The van der Waals surface area contributed by atoms with E-state index in [1.165, 1.54) is 10.6 Å². The SMILES string of the molecule is COc1ccccc1-c1cc(C(=O)N2CCN(c3cc(=O)n(C(C)C)c(=O)n3C(C)C)CC2)[nH]n1. The Balaban J connectivity index is 1.52. The molecule has 0 bridgehead atoms. The smallest absolute Gasteiger partial charge is 0.333 e. The maximum atomic E-state index is 13.1. The van der Waals surface area contributed by atoms with E-state index < -0.39 is 0 Å². The number of ether oxygens (including phenoxy) is 1. The van der Waals surface area contributed by atoms with Crippen molar-refractivity contribution in [2.45, 2.75) is 39.8 Å². The standard InChI is InChI=1S/C25H32N6O4/c1-16(2)30-22(15-23(32)31(17(3)4)25(30)34)28-10-12-29(13-11-28)24(33)20-14-19(26-27-20)18-8-6-7-9-21(18)35-5/h6-9,14-17H,10-13H2,1-5H3,(H,26,27). The van der Waals surface area contributed by atoms with Crippen LogP contribution >= 0.6 is 0 Å². The van der Waals surface area contributed by atoms with Crippen LogP contribution in [0.25, 0.3) is 11.3 Å². The number of aromatic amines is 1. The fraction of sp³-hybridized carbons (Fsp3) is 0.440. The fourth-order valence-electron chi connectivity index (χ4n) is 4.50. The van der Waals surface area contributed by atoms with E-state index in [9.17, 15) is 14.4 Å².